The van der Waals surface area contributed by atoms with Gasteiger partial charge in [-0.05, 0) is 33.8 Å². The Kier molecular flexibility index (Phi) is 4.40. The van der Waals surface area contributed by atoms with E-state index in [4.69, 9.17) is 4.42 Å². The number of nitrogens with one attached hydrogen (secondary N) is 2. The van der Waals surface area contributed by atoms with Crippen molar-refractivity contribution in [2.45, 2.75) is 39.8 Å². The summed E-state index contributed by atoms with van der Waals surface area (Å²) in [6.07, 6.45) is 3.37. The van der Waals surface area contributed by atoms with E-state index >= 15 is 0 Å². The molecular weight excluding hydrogens is 202 g/mol. The van der Waals surface area contributed by atoms with Crippen molar-refractivity contribution in [3.05, 3.63) is 24.2 Å². The summed E-state index contributed by atoms with van der Waals surface area (Å²) in [4.78, 5) is 4.48. The Morgan fingerprint density at radius 2 is 2.19 bits per heavy atom. The molecular formula is C12H21N3O. The van der Waals surface area contributed by atoms with Crippen molar-refractivity contribution >= 4 is 5.96 Å². The summed E-state index contributed by atoms with van der Waals surface area (Å²) in [5.74, 6) is 0.830. The van der Waals surface area contributed by atoms with E-state index in [1.165, 1.54) is 0 Å². The van der Waals surface area contributed by atoms with Crippen LogP contribution in [0.15, 0.2) is 28.0 Å². The quantitative estimate of drug-likeness (QED) is 0.609. The van der Waals surface area contributed by atoms with Crippen LogP contribution in [-0.4, -0.2) is 18.0 Å². The number of nitrogens with zero attached hydrogens (tertiary/aromatic N) is 1. The largest absolute Gasteiger partial charge is 0.472 e. The van der Waals surface area contributed by atoms with E-state index < -0.39 is 0 Å². The zero-order valence-corrected chi connectivity index (χ0v) is 10.5. The van der Waals surface area contributed by atoms with Gasteiger partial charge in [-0.15, -0.1) is 0 Å². The second kappa shape index (κ2) is 5.58. The number of hydrogen-bond donors (Lipinski definition) is 2. The average molecular weight is 223 g/mol. The number of aliphatic imine (C=N–C) groups is 1. The summed E-state index contributed by atoms with van der Waals surface area (Å²) in [6.45, 7) is 9.86. The summed E-state index contributed by atoms with van der Waals surface area (Å²) >= 11 is 0. The lowest BCUT2D eigenvalue weighted by atomic mass is 10.1. The Labute approximate surface area is 97.1 Å². The van der Waals surface area contributed by atoms with Gasteiger partial charge in [0.25, 0.3) is 0 Å². The van der Waals surface area contributed by atoms with Gasteiger partial charge in [0.1, 0.15) is 0 Å². The molecule has 1 heterocycles. The monoisotopic (exact) mass is 223 g/mol. The third-order valence-corrected chi connectivity index (χ3v) is 1.84. The van der Waals surface area contributed by atoms with Crippen molar-refractivity contribution in [2.24, 2.45) is 4.99 Å². The Morgan fingerprint density at radius 1 is 1.44 bits per heavy atom. The van der Waals surface area contributed by atoms with Crippen molar-refractivity contribution < 1.29 is 4.42 Å². The van der Waals surface area contributed by atoms with Crippen LogP contribution < -0.4 is 10.6 Å². The molecule has 1 aromatic rings. The van der Waals surface area contributed by atoms with E-state index in [9.17, 15) is 0 Å². The normalized spacial score (nSPS) is 12.6. The van der Waals surface area contributed by atoms with Crippen LogP contribution in [0.4, 0.5) is 0 Å². The number of rotatable bonds is 3. The highest BCUT2D eigenvalue weighted by molar-refractivity contribution is 5.80. The molecule has 2 N–H and O–H groups in total. The van der Waals surface area contributed by atoms with Crippen LogP contribution in [0.3, 0.4) is 0 Å². The molecule has 4 nitrogen and oxygen atoms in total. The van der Waals surface area contributed by atoms with E-state index in [0.717, 1.165) is 18.1 Å². The molecule has 1 aromatic heterocycles. The van der Waals surface area contributed by atoms with E-state index in [2.05, 4.69) is 43.3 Å². The maximum atomic E-state index is 5.00. The van der Waals surface area contributed by atoms with Gasteiger partial charge in [0.15, 0.2) is 5.96 Å². The molecule has 0 spiro atoms. The highest BCUT2D eigenvalue weighted by atomic mass is 16.3. The molecule has 0 aliphatic rings. The molecule has 0 atom stereocenters. The van der Waals surface area contributed by atoms with Crippen LogP contribution in [0.1, 0.15) is 33.3 Å². The molecule has 0 saturated carbocycles. The van der Waals surface area contributed by atoms with Crippen molar-refractivity contribution in [2.75, 3.05) is 6.54 Å². The number of hydrogen-bond acceptors (Lipinski definition) is 2. The predicted octanol–water partition coefficient (Wildman–Crippen LogP) is 2.13. The van der Waals surface area contributed by atoms with E-state index in [-0.39, 0.29) is 5.54 Å². The molecule has 0 saturated heterocycles. The van der Waals surface area contributed by atoms with Crippen LogP contribution in [-0.2, 0) is 6.54 Å². The Bertz CT molecular complexity index is 323. The average Bonchev–Trinajstić information content (AvgIpc) is 2.64. The summed E-state index contributed by atoms with van der Waals surface area (Å²) in [5.41, 5.74) is 1.09. The fourth-order valence-electron chi connectivity index (χ4n) is 1.22. The highest BCUT2D eigenvalue weighted by Crippen LogP contribution is 2.02. The van der Waals surface area contributed by atoms with Crippen molar-refractivity contribution in [1.82, 2.24) is 10.6 Å². The van der Waals surface area contributed by atoms with Gasteiger partial charge >= 0.3 is 0 Å². The van der Waals surface area contributed by atoms with E-state index in [1.807, 2.05) is 6.07 Å². The Hall–Kier alpha value is -1.45. The minimum atomic E-state index is 0.0113. The van der Waals surface area contributed by atoms with Gasteiger partial charge in [-0.3, -0.25) is 0 Å². The Morgan fingerprint density at radius 3 is 2.69 bits per heavy atom. The van der Waals surface area contributed by atoms with Gasteiger partial charge in [0.05, 0.1) is 19.1 Å². The Balaban J connectivity index is 2.58. The third kappa shape index (κ3) is 4.87. The first-order valence-electron chi connectivity index (χ1n) is 5.59. The molecule has 0 unspecified atom stereocenters. The number of furan rings is 1. The maximum absolute atomic E-state index is 5.00. The lowest BCUT2D eigenvalue weighted by molar-refractivity contribution is 0.501. The minimum Gasteiger partial charge on any atom is -0.472 e. The molecule has 0 aliphatic carbocycles. The summed E-state index contributed by atoms with van der Waals surface area (Å²) in [6, 6.07) is 1.92. The third-order valence-electron chi connectivity index (χ3n) is 1.84. The summed E-state index contributed by atoms with van der Waals surface area (Å²) in [7, 11) is 0. The first-order valence-corrected chi connectivity index (χ1v) is 5.59. The molecule has 0 bridgehead atoms. The van der Waals surface area contributed by atoms with Gasteiger partial charge in [-0.2, -0.15) is 0 Å². The first-order chi connectivity index (χ1) is 7.51. The topological polar surface area (TPSA) is 49.6 Å². The predicted molar refractivity (Wildman–Crippen MR) is 66.4 cm³/mol. The van der Waals surface area contributed by atoms with Gasteiger partial charge in [0.2, 0.25) is 0 Å². The fourth-order valence-corrected chi connectivity index (χ4v) is 1.22. The molecule has 4 heteroatoms. The zero-order valence-electron chi connectivity index (χ0n) is 10.5. The molecule has 0 radical (unpaired) electrons. The molecule has 0 amide bonds. The van der Waals surface area contributed by atoms with Crippen molar-refractivity contribution in [3.63, 3.8) is 0 Å². The van der Waals surface area contributed by atoms with Gasteiger partial charge in [-0.25, -0.2) is 4.99 Å². The van der Waals surface area contributed by atoms with E-state index in [1.54, 1.807) is 12.5 Å². The van der Waals surface area contributed by atoms with Crippen molar-refractivity contribution in [1.29, 1.82) is 0 Å². The summed E-state index contributed by atoms with van der Waals surface area (Å²) in [5, 5.41) is 6.54. The van der Waals surface area contributed by atoms with Crippen LogP contribution in [0.25, 0.3) is 0 Å². The van der Waals surface area contributed by atoms with Crippen LogP contribution in [0.2, 0.25) is 0 Å². The van der Waals surface area contributed by atoms with Gasteiger partial charge in [-0.1, -0.05) is 0 Å². The van der Waals surface area contributed by atoms with Crippen LogP contribution in [0.5, 0.6) is 0 Å². The zero-order chi connectivity index (χ0) is 12.0. The lowest BCUT2D eigenvalue weighted by Crippen LogP contribution is -2.47. The first kappa shape index (κ1) is 12.6. The maximum Gasteiger partial charge on any atom is 0.191 e. The minimum absolute atomic E-state index is 0.0113. The highest BCUT2D eigenvalue weighted by Gasteiger charge is 2.11. The molecule has 0 aromatic carbocycles. The lowest BCUT2D eigenvalue weighted by Gasteiger charge is -2.23. The molecule has 16 heavy (non-hydrogen) atoms. The smallest absolute Gasteiger partial charge is 0.191 e. The van der Waals surface area contributed by atoms with Crippen LogP contribution in [0, 0.1) is 0 Å². The van der Waals surface area contributed by atoms with Crippen molar-refractivity contribution in [3.8, 4) is 0 Å². The molecule has 0 fully saturated rings. The van der Waals surface area contributed by atoms with Crippen LogP contribution >= 0.6 is 0 Å². The second-order valence-corrected chi connectivity index (χ2v) is 4.70. The molecule has 0 aliphatic heterocycles. The molecule has 90 valence electrons. The molecule has 1 rings (SSSR count). The standard InChI is InChI=1S/C12H21N3O/c1-5-13-11(15-12(2,3)4)14-8-10-6-7-16-9-10/h6-7,9H,5,8H2,1-4H3,(H2,13,14,15). The van der Waals surface area contributed by atoms with Gasteiger partial charge < -0.3 is 15.1 Å². The summed E-state index contributed by atoms with van der Waals surface area (Å²) < 4.78 is 5.00. The second-order valence-electron chi connectivity index (χ2n) is 4.70. The van der Waals surface area contributed by atoms with Gasteiger partial charge in [0, 0.05) is 17.6 Å². The van der Waals surface area contributed by atoms with E-state index in [0.29, 0.717) is 6.54 Å². The SMILES string of the molecule is CCNC(=NCc1ccoc1)NC(C)(C)C. The fraction of sp³-hybridized carbons (Fsp3) is 0.583. The number of guanidine groups is 1.